The Morgan fingerprint density at radius 3 is 3.00 bits per heavy atom. The molecule has 0 unspecified atom stereocenters. The van der Waals surface area contributed by atoms with Crippen LogP contribution in [-0.2, 0) is 4.74 Å². The van der Waals surface area contributed by atoms with E-state index in [0.717, 1.165) is 68.9 Å². The Kier molecular flexibility index (Phi) is 4.40. The van der Waals surface area contributed by atoms with Gasteiger partial charge in [-0.25, -0.2) is 4.79 Å². The Bertz CT molecular complexity index is 708. The van der Waals surface area contributed by atoms with E-state index in [9.17, 15) is 4.79 Å². The first-order valence-electron chi connectivity index (χ1n) is 8.72. The van der Waals surface area contributed by atoms with Crippen LogP contribution in [0.5, 0.6) is 0 Å². The number of rotatable bonds is 3. The maximum Gasteiger partial charge on any atom is 0.321 e. The van der Waals surface area contributed by atoms with Gasteiger partial charge < -0.3 is 19.9 Å². The predicted molar refractivity (Wildman–Crippen MR) is 94.3 cm³/mol. The first-order chi connectivity index (χ1) is 11.8. The van der Waals surface area contributed by atoms with Crippen LogP contribution in [0.4, 0.5) is 10.5 Å². The molecule has 128 valence electrons. The number of nitrogens with one attached hydrogen (secondary N) is 2. The molecule has 2 saturated heterocycles. The molecule has 0 aliphatic carbocycles. The van der Waals surface area contributed by atoms with Crippen molar-refractivity contribution in [1.82, 2.24) is 14.8 Å². The second-order valence-corrected chi connectivity index (χ2v) is 6.69. The Hall–Kier alpha value is -2.05. The number of likely N-dealkylation sites (tertiary alicyclic amines) is 1. The van der Waals surface area contributed by atoms with Gasteiger partial charge in [0.2, 0.25) is 0 Å². The summed E-state index contributed by atoms with van der Waals surface area (Å²) >= 11 is 0. The number of H-pyrrole nitrogens is 1. The summed E-state index contributed by atoms with van der Waals surface area (Å²) in [6.45, 7) is 6.43. The number of carbonyl (C=O) groups excluding carboxylic acids is 1. The minimum absolute atomic E-state index is 0.00757. The highest BCUT2D eigenvalue weighted by molar-refractivity contribution is 6.00. The molecule has 6 heteroatoms. The first-order valence-corrected chi connectivity index (χ1v) is 8.72. The molecular weight excluding hydrogens is 304 g/mol. The summed E-state index contributed by atoms with van der Waals surface area (Å²) in [5.41, 5.74) is 1.91. The van der Waals surface area contributed by atoms with Gasteiger partial charge in [0.1, 0.15) is 0 Å². The number of fused-ring (bicyclic) bond motifs is 1. The molecular formula is C18H24N4O2. The van der Waals surface area contributed by atoms with E-state index >= 15 is 0 Å². The van der Waals surface area contributed by atoms with Gasteiger partial charge in [-0.1, -0.05) is 6.07 Å². The quantitative estimate of drug-likeness (QED) is 0.909. The number of benzene rings is 1. The van der Waals surface area contributed by atoms with Gasteiger partial charge in [0.05, 0.1) is 18.9 Å². The van der Waals surface area contributed by atoms with Crippen LogP contribution in [0.1, 0.15) is 6.42 Å². The van der Waals surface area contributed by atoms with Crippen molar-refractivity contribution in [3.63, 3.8) is 0 Å². The van der Waals surface area contributed by atoms with Crippen molar-refractivity contribution in [3.8, 4) is 0 Å². The highest BCUT2D eigenvalue weighted by Gasteiger charge is 2.28. The summed E-state index contributed by atoms with van der Waals surface area (Å²) in [4.78, 5) is 20.2. The summed E-state index contributed by atoms with van der Waals surface area (Å²) < 4.78 is 5.40. The third-order valence-corrected chi connectivity index (χ3v) is 5.03. The number of carbonyl (C=O) groups is 1. The summed E-state index contributed by atoms with van der Waals surface area (Å²) in [6.07, 6.45) is 2.98. The summed E-state index contributed by atoms with van der Waals surface area (Å²) in [5, 5.41) is 4.12. The third-order valence-electron chi connectivity index (χ3n) is 5.03. The first kappa shape index (κ1) is 15.5. The lowest BCUT2D eigenvalue weighted by molar-refractivity contribution is 0.0314. The van der Waals surface area contributed by atoms with Crippen LogP contribution in [0, 0.1) is 5.92 Å². The molecule has 2 N–H and O–H groups in total. The number of ether oxygens (including phenoxy) is 1. The molecule has 2 aromatic rings. The standard InChI is InChI=1S/C18H24N4O2/c23-18(20-17-3-1-2-16-15(17)4-6-19-16)22-7-5-14(13-22)12-21-8-10-24-11-9-21/h1-4,6,14,19H,5,7-13H2,(H,20,23)/t14-/m0/s1. The highest BCUT2D eigenvalue weighted by atomic mass is 16.5. The van der Waals surface area contributed by atoms with E-state index < -0.39 is 0 Å². The van der Waals surface area contributed by atoms with Gasteiger partial charge in [-0.15, -0.1) is 0 Å². The molecule has 6 nitrogen and oxygen atoms in total. The topological polar surface area (TPSA) is 60.6 Å². The molecule has 0 bridgehead atoms. The number of aromatic nitrogens is 1. The van der Waals surface area contributed by atoms with Crippen molar-refractivity contribution in [3.05, 3.63) is 30.5 Å². The normalized spacial score (nSPS) is 22.2. The van der Waals surface area contributed by atoms with Gasteiger partial charge in [-0.05, 0) is 30.5 Å². The number of amides is 2. The van der Waals surface area contributed by atoms with Crippen LogP contribution in [0.15, 0.2) is 30.5 Å². The monoisotopic (exact) mass is 328 g/mol. The Morgan fingerprint density at radius 1 is 1.25 bits per heavy atom. The third kappa shape index (κ3) is 3.25. The fourth-order valence-electron chi connectivity index (χ4n) is 3.70. The van der Waals surface area contributed by atoms with Crippen molar-refractivity contribution < 1.29 is 9.53 Å². The predicted octanol–water partition coefficient (Wildman–Crippen LogP) is 2.35. The minimum atomic E-state index is 0.00757. The summed E-state index contributed by atoms with van der Waals surface area (Å²) in [7, 11) is 0. The molecule has 3 heterocycles. The van der Waals surface area contributed by atoms with Crippen LogP contribution >= 0.6 is 0 Å². The number of nitrogens with zero attached hydrogens (tertiary/aromatic N) is 2. The summed E-state index contributed by atoms with van der Waals surface area (Å²) in [6, 6.07) is 7.93. The van der Waals surface area contributed by atoms with E-state index in [1.54, 1.807) is 0 Å². The second-order valence-electron chi connectivity index (χ2n) is 6.69. The number of aromatic amines is 1. The van der Waals surface area contributed by atoms with E-state index in [0.29, 0.717) is 5.92 Å². The lowest BCUT2D eigenvalue weighted by Crippen LogP contribution is -2.40. The molecule has 1 aromatic heterocycles. The van der Waals surface area contributed by atoms with E-state index in [1.807, 2.05) is 35.4 Å². The fraction of sp³-hybridized carbons (Fsp3) is 0.500. The zero-order chi connectivity index (χ0) is 16.4. The molecule has 24 heavy (non-hydrogen) atoms. The summed E-state index contributed by atoms with van der Waals surface area (Å²) in [5.74, 6) is 0.567. The number of anilines is 1. The molecule has 1 atom stereocenters. The van der Waals surface area contributed by atoms with Crippen molar-refractivity contribution in [2.45, 2.75) is 6.42 Å². The molecule has 1 aromatic carbocycles. The van der Waals surface area contributed by atoms with Gasteiger partial charge >= 0.3 is 6.03 Å². The SMILES string of the molecule is O=C(Nc1cccc2[nH]ccc12)N1CC[C@@H](CN2CCOCC2)C1. The van der Waals surface area contributed by atoms with Crippen LogP contribution in [0.3, 0.4) is 0 Å². The molecule has 0 radical (unpaired) electrons. The second kappa shape index (κ2) is 6.83. The number of hydrogen-bond acceptors (Lipinski definition) is 3. The number of morpholine rings is 1. The molecule has 0 spiro atoms. The number of hydrogen-bond donors (Lipinski definition) is 2. The molecule has 2 fully saturated rings. The van der Waals surface area contributed by atoms with Gasteiger partial charge in [-0.2, -0.15) is 0 Å². The van der Waals surface area contributed by atoms with E-state index in [-0.39, 0.29) is 6.03 Å². The lowest BCUT2D eigenvalue weighted by atomic mass is 10.1. The Labute approximate surface area is 141 Å². The molecule has 2 amide bonds. The van der Waals surface area contributed by atoms with Crippen molar-refractivity contribution in [1.29, 1.82) is 0 Å². The van der Waals surface area contributed by atoms with E-state index in [4.69, 9.17) is 4.74 Å². The van der Waals surface area contributed by atoms with E-state index in [1.165, 1.54) is 0 Å². The molecule has 2 aliphatic heterocycles. The Balaban J connectivity index is 1.34. The van der Waals surface area contributed by atoms with Gasteiger partial charge in [0, 0.05) is 49.8 Å². The van der Waals surface area contributed by atoms with Crippen molar-refractivity contribution >= 4 is 22.6 Å². The average Bonchev–Trinajstić information content (AvgIpc) is 3.25. The molecule has 4 rings (SSSR count). The fourth-order valence-corrected chi connectivity index (χ4v) is 3.70. The van der Waals surface area contributed by atoms with Crippen LogP contribution in [0.25, 0.3) is 10.9 Å². The Morgan fingerprint density at radius 2 is 2.12 bits per heavy atom. The minimum Gasteiger partial charge on any atom is -0.379 e. The molecule has 2 aliphatic rings. The van der Waals surface area contributed by atoms with Crippen LogP contribution < -0.4 is 5.32 Å². The smallest absolute Gasteiger partial charge is 0.321 e. The van der Waals surface area contributed by atoms with Crippen LogP contribution in [0.2, 0.25) is 0 Å². The lowest BCUT2D eigenvalue weighted by Gasteiger charge is -2.29. The zero-order valence-electron chi connectivity index (χ0n) is 13.8. The van der Waals surface area contributed by atoms with Crippen LogP contribution in [-0.4, -0.2) is 66.8 Å². The number of urea groups is 1. The largest absolute Gasteiger partial charge is 0.379 e. The average molecular weight is 328 g/mol. The van der Waals surface area contributed by atoms with Gasteiger partial charge in [0.15, 0.2) is 0 Å². The van der Waals surface area contributed by atoms with E-state index in [2.05, 4.69) is 15.2 Å². The maximum atomic E-state index is 12.6. The molecule has 0 saturated carbocycles. The van der Waals surface area contributed by atoms with Crippen molar-refractivity contribution in [2.75, 3.05) is 51.3 Å². The highest BCUT2D eigenvalue weighted by Crippen LogP contribution is 2.24. The van der Waals surface area contributed by atoms with Gasteiger partial charge in [-0.3, -0.25) is 4.90 Å². The zero-order valence-corrected chi connectivity index (χ0v) is 13.8. The maximum absolute atomic E-state index is 12.6. The van der Waals surface area contributed by atoms with Crippen molar-refractivity contribution in [2.24, 2.45) is 5.92 Å². The van der Waals surface area contributed by atoms with Gasteiger partial charge in [0.25, 0.3) is 0 Å².